The van der Waals surface area contributed by atoms with Gasteiger partial charge in [0, 0.05) is 19.7 Å². The fourth-order valence-electron chi connectivity index (χ4n) is 2.90. The lowest BCUT2D eigenvalue weighted by atomic mass is 9.95. The zero-order chi connectivity index (χ0) is 15.7. The molecule has 0 saturated carbocycles. The quantitative estimate of drug-likeness (QED) is 0.520. The zero-order valence-corrected chi connectivity index (χ0v) is 14.1. The van der Waals surface area contributed by atoms with Crippen LogP contribution in [0.4, 0.5) is 0 Å². The number of carbonyl (C=O) groups is 1. The van der Waals surface area contributed by atoms with Crippen molar-refractivity contribution in [3.05, 3.63) is 0 Å². The smallest absolute Gasteiger partial charge is 0.325 e. The van der Waals surface area contributed by atoms with E-state index >= 15 is 0 Å². The summed E-state index contributed by atoms with van der Waals surface area (Å²) in [6.07, 6.45) is 5.70. The summed E-state index contributed by atoms with van der Waals surface area (Å²) in [7, 11) is 3.26. The molecule has 1 N–H and O–H groups in total. The largest absolute Gasteiger partial charge is 0.468 e. The van der Waals surface area contributed by atoms with Crippen molar-refractivity contribution >= 4 is 5.97 Å². The summed E-state index contributed by atoms with van der Waals surface area (Å²) in [6, 6.07) is 0. The van der Waals surface area contributed by atoms with E-state index in [1.165, 1.54) is 7.11 Å². The molecule has 0 aromatic rings. The lowest BCUT2D eigenvalue weighted by Crippen LogP contribution is -2.48. The van der Waals surface area contributed by atoms with Crippen LogP contribution < -0.4 is 5.32 Å². The Bertz CT molecular complexity index is 304. The first-order valence-corrected chi connectivity index (χ1v) is 8.17. The number of methoxy groups -OCH3 is 1. The van der Waals surface area contributed by atoms with Gasteiger partial charge in [-0.15, -0.1) is 0 Å². The summed E-state index contributed by atoms with van der Waals surface area (Å²) in [5.41, 5.74) is -0.559. The number of nitrogens with zero attached hydrogens (tertiary/aromatic N) is 1. The van der Waals surface area contributed by atoms with Gasteiger partial charge in [-0.25, -0.2) is 0 Å². The zero-order valence-electron chi connectivity index (χ0n) is 14.1. The summed E-state index contributed by atoms with van der Waals surface area (Å²) in [5, 5.41) is 3.08. The Balaban J connectivity index is 2.18. The maximum absolute atomic E-state index is 11.7. The fourth-order valence-corrected chi connectivity index (χ4v) is 2.90. The molecule has 5 heteroatoms. The third kappa shape index (κ3) is 5.93. The first-order chi connectivity index (χ1) is 10.1. The molecule has 1 aliphatic rings. The summed E-state index contributed by atoms with van der Waals surface area (Å²) >= 11 is 0. The molecule has 1 atom stereocenters. The van der Waals surface area contributed by atoms with Gasteiger partial charge in [0.05, 0.1) is 13.2 Å². The lowest BCUT2D eigenvalue weighted by Gasteiger charge is -2.32. The van der Waals surface area contributed by atoms with Crippen LogP contribution in [0, 0.1) is 0 Å². The molecule has 21 heavy (non-hydrogen) atoms. The topological polar surface area (TPSA) is 50.8 Å². The highest BCUT2D eigenvalue weighted by Gasteiger charge is 2.31. The van der Waals surface area contributed by atoms with Crippen molar-refractivity contribution < 1.29 is 14.3 Å². The van der Waals surface area contributed by atoms with Crippen LogP contribution in [-0.2, 0) is 14.3 Å². The molecule has 124 valence electrons. The van der Waals surface area contributed by atoms with Crippen molar-refractivity contribution in [2.45, 2.75) is 57.6 Å². The van der Waals surface area contributed by atoms with E-state index in [4.69, 9.17) is 9.47 Å². The molecule has 1 heterocycles. The van der Waals surface area contributed by atoms with Crippen LogP contribution in [-0.4, -0.2) is 62.9 Å². The molecule has 0 aliphatic carbocycles. The SMILES string of the molecule is CCOC1CCN(CCCCC(C)(NC)C(=O)OC)CC1. The molecule has 0 aromatic carbocycles. The monoisotopic (exact) mass is 300 g/mol. The molecule has 5 nitrogen and oxygen atoms in total. The van der Waals surface area contributed by atoms with Gasteiger partial charge in [0.1, 0.15) is 5.54 Å². The summed E-state index contributed by atoms with van der Waals surface area (Å²) in [5.74, 6) is -0.178. The second kappa shape index (κ2) is 9.38. The minimum Gasteiger partial charge on any atom is -0.468 e. The number of nitrogens with one attached hydrogen (secondary N) is 1. The standard InChI is InChI=1S/C16H32N2O3/c1-5-21-14-8-12-18(13-9-14)11-7-6-10-16(2,17-3)15(19)20-4/h14,17H,5-13H2,1-4H3. The number of likely N-dealkylation sites (tertiary alicyclic amines) is 1. The maximum Gasteiger partial charge on any atom is 0.325 e. The van der Waals surface area contributed by atoms with E-state index < -0.39 is 5.54 Å². The molecular formula is C16H32N2O3. The first-order valence-electron chi connectivity index (χ1n) is 8.17. The Hall–Kier alpha value is -0.650. The van der Waals surface area contributed by atoms with Gasteiger partial charge in [0.15, 0.2) is 0 Å². The minimum atomic E-state index is -0.559. The average molecular weight is 300 g/mol. The Morgan fingerprint density at radius 3 is 2.52 bits per heavy atom. The van der Waals surface area contributed by atoms with Crippen LogP contribution in [0.25, 0.3) is 0 Å². The van der Waals surface area contributed by atoms with Crippen LogP contribution in [0.15, 0.2) is 0 Å². The van der Waals surface area contributed by atoms with Crippen molar-refractivity contribution in [2.75, 3.05) is 40.4 Å². The highest BCUT2D eigenvalue weighted by molar-refractivity contribution is 5.80. The minimum absolute atomic E-state index is 0.178. The number of esters is 1. The molecular weight excluding hydrogens is 268 g/mol. The normalized spacial score (nSPS) is 20.2. The van der Waals surface area contributed by atoms with Crippen LogP contribution in [0.5, 0.6) is 0 Å². The van der Waals surface area contributed by atoms with Gasteiger partial charge in [0.2, 0.25) is 0 Å². The lowest BCUT2D eigenvalue weighted by molar-refractivity contribution is -0.148. The molecule has 1 fully saturated rings. The average Bonchev–Trinajstić information content (AvgIpc) is 2.52. The van der Waals surface area contributed by atoms with Gasteiger partial charge >= 0.3 is 5.97 Å². The molecule has 0 radical (unpaired) electrons. The number of hydrogen-bond donors (Lipinski definition) is 1. The predicted molar refractivity (Wildman–Crippen MR) is 84.4 cm³/mol. The Morgan fingerprint density at radius 1 is 1.33 bits per heavy atom. The number of likely N-dealkylation sites (N-methyl/N-ethyl adjacent to an activating group) is 1. The molecule has 0 aromatic heterocycles. The van der Waals surface area contributed by atoms with Crippen LogP contribution in [0.2, 0.25) is 0 Å². The molecule has 0 amide bonds. The first kappa shape index (κ1) is 18.4. The van der Waals surface area contributed by atoms with E-state index in [1.807, 2.05) is 14.0 Å². The van der Waals surface area contributed by atoms with Gasteiger partial charge in [-0.1, -0.05) is 0 Å². The van der Waals surface area contributed by atoms with E-state index in [-0.39, 0.29) is 5.97 Å². The number of carbonyl (C=O) groups excluding carboxylic acids is 1. The van der Waals surface area contributed by atoms with Crippen molar-refractivity contribution in [2.24, 2.45) is 0 Å². The van der Waals surface area contributed by atoms with Crippen molar-refractivity contribution in [1.82, 2.24) is 10.2 Å². The van der Waals surface area contributed by atoms with Crippen LogP contribution >= 0.6 is 0 Å². The van der Waals surface area contributed by atoms with Gasteiger partial charge in [0.25, 0.3) is 0 Å². The third-order valence-electron chi connectivity index (χ3n) is 4.53. The summed E-state index contributed by atoms with van der Waals surface area (Å²) in [6.45, 7) is 8.16. The third-order valence-corrected chi connectivity index (χ3v) is 4.53. The van der Waals surface area contributed by atoms with Gasteiger partial charge in [-0.3, -0.25) is 4.79 Å². The molecule has 1 aliphatic heterocycles. The van der Waals surface area contributed by atoms with Crippen LogP contribution in [0.1, 0.15) is 46.0 Å². The Morgan fingerprint density at radius 2 is 2.00 bits per heavy atom. The molecule has 0 spiro atoms. The molecule has 1 unspecified atom stereocenters. The van der Waals surface area contributed by atoms with E-state index in [2.05, 4.69) is 17.1 Å². The van der Waals surface area contributed by atoms with Crippen molar-refractivity contribution in [1.29, 1.82) is 0 Å². The molecule has 0 bridgehead atoms. The van der Waals surface area contributed by atoms with Gasteiger partial charge in [-0.2, -0.15) is 0 Å². The second-order valence-corrected chi connectivity index (χ2v) is 6.03. The van der Waals surface area contributed by atoms with Crippen molar-refractivity contribution in [3.8, 4) is 0 Å². The van der Waals surface area contributed by atoms with Crippen LogP contribution in [0.3, 0.4) is 0 Å². The second-order valence-electron chi connectivity index (χ2n) is 6.03. The van der Waals surface area contributed by atoms with Gasteiger partial charge < -0.3 is 19.7 Å². The fraction of sp³-hybridized carbons (Fsp3) is 0.938. The number of piperidine rings is 1. The molecule has 1 saturated heterocycles. The number of rotatable bonds is 9. The summed E-state index contributed by atoms with van der Waals surface area (Å²) < 4.78 is 10.5. The van der Waals surface area contributed by atoms with Crippen molar-refractivity contribution in [3.63, 3.8) is 0 Å². The van der Waals surface area contributed by atoms with E-state index in [9.17, 15) is 4.79 Å². The Kier molecular flexibility index (Phi) is 8.22. The molecule has 1 rings (SSSR count). The maximum atomic E-state index is 11.7. The highest BCUT2D eigenvalue weighted by Crippen LogP contribution is 2.17. The summed E-state index contributed by atoms with van der Waals surface area (Å²) in [4.78, 5) is 14.3. The number of hydrogen-bond acceptors (Lipinski definition) is 5. The number of unbranched alkanes of at least 4 members (excludes halogenated alkanes) is 1. The Labute approximate surface area is 129 Å². The predicted octanol–water partition coefficient (Wildman–Crippen LogP) is 1.81. The van der Waals surface area contributed by atoms with E-state index in [0.717, 1.165) is 58.3 Å². The highest BCUT2D eigenvalue weighted by atomic mass is 16.5. The van der Waals surface area contributed by atoms with E-state index in [0.29, 0.717) is 6.10 Å². The van der Waals surface area contributed by atoms with E-state index in [1.54, 1.807) is 0 Å². The number of ether oxygens (including phenoxy) is 2. The van der Waals surface area contributed by atoms with Gasteiger partial charge in [-0.05, 0) is 59.5 Å².